The van der Waals surface area contributed by atoms with Gasteiger partial charge in [0.1, 0.15) is 0 Å². The van der Waals surface area contributed by atoms with Crippen LogP contribution in [0, 0.1) is 5.92 Å². The van der Waals surface area contributed by atoms with Crippen LogP contribution in [0.1, 0.15) is 29.6 Å². The molecule has 1 aromatic carbocycles. The lowest BCUT2D eigenvalue weighted by molar-refractivity contribution is 0.0697. The van der Waals surface area contributed by atoms with Gasteiger partial charge in [-0.05, 0) is 43.4 Å². The number of benzene rings is 1. The van der Waals surface area contributed by atoms with E-state index in [4.69, 9.17) is 21.4 Å². The molecule has 1 saturated carbocycles. The van der Waals surface area contributed by atoms with E-state index in [2.05, 4.69) is 5.32 Å². The number of aromatic carboxylic acids is 1. The van der Waals surface area contributed by atoms with E-state index in [0.29, 0.717) is 10.9 Å². The molecule has 0 spiro atoms. The first kappa shape index (κ1) is 12.8. The molecule has 19 heavy (non-hydrogen) atoms. The lowest BCUT2D eigenvalue weighted by Gasteiger charge is -2.21. The van der Waals surface area contributed by atoms with E-state index >= 15 is 0 Å². The summed E-state index contributed by atoms with van der Waals surface area (Å²) in [4.78, 5) is 10.9. The van der Waals surface area contributed by atoms with Crippen molar-refractivity contribution in [3.63, 3.8) is 0 Å². The number of carbonyl (C=O) groups is 1. The summed E-state index contributed by atoms with van der Waals surface area (Å²) < 4.78 is 5.76. The first-order valence-electron chi connectivity index (χ1n) is 6.56. The molecule has 3 rings (SSSR count). The summed E-state index contributed by atoms with van der Waals surface area (Å²) in [7, 11) is 0. The molecule has 4 nitrogen and oxygen atoms in total. The molecule has 5 heteroatoms. The lowest BCUT2D eigenvalue weighted by Crippen LogP contribution is -2.31. The number of anilines is 1. The zero-order chi connectivity index (χ0) is 13.4. The Labute approximate surface area is 116 Å². The maximum absolute atomic E-state index is 10.9. The van der Waals surface area contributed by atoms with Crippen molar-refractivity contribution in [2.24, 2.45) is 5.92 Å². The molecule has 2 aliphatic rings. The second-order valence-electron chi connectivity index (χ2n) is 5.21. The van der Waals surface area contributed by atoms with E-state index in [1.54, 1.807) is 12.1 Å². The van der Waals surface area contributed by atoms with Crippen molar-refractivity contribution in [3.05, 3.63) is 28.8 Å². The minimum atomic E-state index is -0.964. The predicted molar refractivity (Wildman–Crippen MR) is 72.9 cm³/mol. The minimum absolute atomic E-state index is 0.206. The summed E-state index contributed by atoms with van der Waals surface area (Å²) in [5.41, 5.74) is 0.991. The van der Waals surface area contributed by atoms with E-state index in [-0.39, 0.29) is 17.7 Å². The normalized spacial score (nSPS) is 26.4. The van der Waals surface area contributed by atoms with E-state index in [9.17, 15) is 4.79 Å². The summed E-state index contributed by atoms with van der Waals surface area (Å²) in [5, 5.41) is 12.8. The zero-order valence-corrected chi connectivity index (χ0v) is 11.2. The predicted octanol–water partition coefficient (Wildman–Crippen LogP) is 3.02. The fraction of sp³-hybridized carbons (Fsp3) is 0.500. The van der Waals surface area contributed by atoms with Crippen molar-refractivity contribution in [2.75, 3.05) is 11.9 Å². The number of rotatable bonds is 4. The third-order valence-corrected chi connectivity index (χ3v) is 4.09. The third-order valence-electron chi connectivity index (χ3n) is 3.78. The van der Waals surface area contributed by atoms with Gasteiger partial charge in [-0.15, -0.1) is 0 Å². The molecular weight excluding hydrogens is 266 g/mol. The highest BCUT2D eigenvalue weighted by molar-refractivity contribution is 6.33. The number of carboxylic acid groups (broad SMARTS) is 1. The van der Waals surface area contributed by atoms with Crippen molar-refractivity contribution in [2.45, 2.75) is 31.4 Å². The van der Waals surface area contributed by atoms with E-state index < -0.39 is 5.97 Å². The third kappa shape index (κ3) is 2.69. The van der Waals surface area contributed by atoms with Gasteiger partial charge in [0, 0.05) is 6.61 Å². The maximum atomic E-state index is 10.9. The van der Waals surface area contributed by atoms with Gasteiger partial charge in [-0.25, -0.2) is 4.79 Å². The largest absolute Gasteiger partial charge is 0.478 e. The number of ether oxygens (including phenoxy) is 1. The van der Waals surface area contributed by atoms with Gasteiger partial charge in [-0.3, -0.25) is 0 Å². The van der Waals surface area contributed by atoms with Crippen molar-refractivity contribution in [1.82, 2.24) is 0 Å². The summed E-state index contributed by atoms with van der Waals surface area (Å²) in [6, 6.07) is 5.06. The second-order valence-corrected chi connectivity index (χ2v) is 5.62. The molecule has 0 bridgehead atoms. The Kier molecular flexibility index (Phi) is 3.37. The number of halogens is 1. The fourth-order valence-electron chi connectivity index (χ4n) is 2.62. The highest BCUT2D eigenvalue weighted by Crippen LogP contribution is 2.40. The number of nitrogens with one attached hydrogen (secondary N) is 1. The summed E-state index contributed by atoms with van der Waals surface area (Å²) in [5.74, 6) is -0.287. The monoisotopic (exact) mass is 281 g/mol. The molecule has 0 aromatic heterocycles. The number of hydrogen-bond donors (Lipinski definition) is 2. The summed E-state index contributed by atoms with van der Waals surface area (Å²) in [6.07, 6.45) is 3.73. The van der Waals surface area contributed by atoms with Crippen LogP contribution < -0.4 is 5.32 Å². The first-order chi connectivity index (χ1) is 9.15. The van der Waals surface area contributed by atoms with Gasteiger partial charge in [-0.2, -0.15) is 0 Å². The molecule has 2 unspecified atom stereocenters. The van der Waals surface area contributed by atoms with Crippen LogP contribution in [0.3, 0.4) is 0 Å². The zero-order valence-electron chi connectivity index (χ0n) is 10.4. The van der Waals surface area contributed by atoms with Gasteiger partial charge in [0.15, 0.2) is 0 Å². The molecular formula is C14H16ClNO3. The maximum Gasteiger partial charge on any atom is 0.335 e. The van der Waals surface area contributed by atoms with Gasteiger partial charge in [-0.1, -0.05) is 11.6 Å². The van der Waals surface area contributed by atoms with Crippen LogP contribution in [0.2, 0.25) is 5.02 Å². The molecule has 1 heterocycles. The Morgan fingerprint density at radius 2 is 2.16 bits per heavy atom. The Morgan fingerprint density at radius 3 is 2.79 bits per heavy atom. The minimum Gasteiger partial charge on any atom is -0.478 e. The average molecular weight is 282 g/mol. The van der Waals surface area contributed by atoms with Gasteiger partial charge < -0.3 is 15.2 Å². The van der Waals surface area contributed by atoms with Crippen LogP contribution in [0.15, 0.2) is 18.2 Å². The quantitative estimate of drug-likeness (QED) is 0.891. The number of hydrogen-bond acceptors (Lipinski definition) is 3. The molecule has 102 valence electrons. The van der Waals surface area contributed by atoms with Crippen molar-refractivity contribution < 1.29 is 14.6 Å². The van der Waals surface area contributed by atoms with E-state index in [1.807, 2.05) is 0 Å². The molecule has 2 fully saturated rings. The Bertz CT molecular complexity index is 501. The fourth-order valence-corrected chi connectivity index (χ4v) is 2.86. The van der Waals surface area contributed by atoms with Crippen LogP contribution in [0.5, 0.6) is 0 Å². The average Bonchev–Trinajstić information content (AvgIpc) is 3.12. The molecule has 1 saturated heterocycles. The molecule has 2 atom stereocenters. The topological polar surface area (TPSA) is 58.6 Å². The van der Waals surface area contributed by atoms with Crippen LogP contribution in [0.4, 0.5) is 5.69 Å². The molecule has 2 N–H and O–H groups in total. The van der Waals surface area contributed by atoms with Crippen LogP contribution in [0.25, 0.3) is 0 Å². The Morgan fingerprint density at radius 1 is 1.37 bits per heavy atom. The SMILES string of the molecule is O=C(O)c1ccc(NC2CCOC2C2CC2)c(Cl)c1. The van der Waals surface area contributed by atoms with Gasteiger partial charge in [0.25, 0.3) is 0 Å². The second kappa shape index (κ2) is 5.02. The standard InChI is InChI=1S/C14H16ClNO3/c15-10-7-9(14(17)18)3-4-11(10)16-12-5-6-19-13(12)8-1-2-8/h3-4,7-8,12-13,16H,1-2,5-6H2,(H,17,18). The van der Waals surface area contributed by atoms with Gasteiger partial charge in [0.2, 0.25) is 0 Å². The van der Waals surface area contributed by atoms with Crippen molar-refractivity contribution >= 4 is 23.3 Å². The molecule has 1 aliphatic heterocycles. The lowest BCUT2D eigenvalue weighted by atomic mass is 10.1. The highest BCUT2D eigenvalue weighted by Gasteiger charge is 2.40. The molecule has 0 radical (unpaired) electrons. The Hall–Kier alpha value is -1.26. The molecule has 0 amide bonds. The number of carboxylic acids is 1. The smallest absolute Gasteiger partial charge is 0.335 e. The van der Waals surface area contributed by atoms with Crippen molar-refractivity contribution in [1.29, 1.82) is 0 Å². The summed E-state index contributed by atoms with van der Waals surface area (Å²) in [6.45, 7) is 0.781. The van der Waals surface area contributed by atoms with Gasteiger partial charge >= 0.3 is 5.97 Å². The van der Waals surface area contributed by atoms with Crippen LogP contribution >= 0.6 is 11.6 Å². The highest BCUT2D eigenvalue weighted by atomic mass is 35.5. The van der Waals surface area contributed by atoms with Crippen LogP contribution in [-0.2, 0) is 4.74 Å². The molecule has 1 aliphatic carbocycles. The van der Waals surface area contributed by atoms with Crippen LogP contribution in [-0.4, -0.2) is 29.8 Å². The van der Waals surface area contributed by atoms with Gasteiger partial charge in [0.05, 0.1) is 28.4 Å². The Balaban J connectivity index is 1.73. The van der Waals surface area contributed by atoms with E-state index in [1.165, 1.54) is 18.9 Å². The summed E-state index contributed by atoms with van der Waals surface area (Å²) >= 11 is 6.13. The van der Waals surface area contributed by atoms with E-state index in [0.717, 1.165) is 18.7 Å². The first-order valence-corrected chi connectivity index (χ1v) is 6.94. The van der Waals surface area contributed by atoms with Crippen molar-refractivity contribution in [3.8, 4) is 0 Å². The molecule has 1 aromatic rings.